The fraction of sp³-hybridized carbons (Fsp3) is 0.111. The average Bonchev–Trinajstić information content (AvgIpc) is 2.61. The lowest BCUT2D eigenvalue weighted by Crippen LogP contribution is -2.05. The number of fused-ring (bicyclic) bond motifs is 1. The molecular weight excluding hydrogens is 239 g/mol. The summed E-state index contributed by atoms with van der Waals surface area (Å²) < 4.78 is -0.563. The standard InChI is InChI=1S/C9H4Cl2N2S/c10-9(11,5-12)8-13-6-3-1-2-4-7(6)14-8/h1-4H. The molecule has 0 aliphatic rings. The highest BCUT2D eigenvalue weighted by Crippen LogP contribution is 2.37. The number of hydrogen-bond acceptors (Lipinski definition) is 3. The Morgan fingerprint density at radius 3 is 2.71 bits per heavy atom. The average molecular weight is 243 g/mol. The lowest BCUT2D eigenvalue weighted by atomic mass is 10.3. The third-order valence-electron chi connectivity index (χ3n) is 1.70. The smallest absolute Gasteiger partial charge is 0.237 e. The predicted molar refractivity (Wildman–Crippen MR) is 58.6 cm³/mol. The molecule has 70 valence electrons. The van der Waals surface area contributed by atoms with Crippen molar-refractivity contribution in [2.24, 2.45) is 0 Å². The van der Waals surface area contributed by atoms with Crippen molar-refractivity contribution in [1.82, 2.24) is 4.98 Å². The number of halogens is 2. The quantitative estimate of drug-likeness (QED) is 0.719. The second-order valence-corrected chi connectivity index (χ2v) is 5.03. The number of hydrogen-bond donors (Lipinski definition) is 0. The van der Waals surface area contributed by atoms with Gasteiger partial charge in [-0.1, -0.05) is 35.3 Å². The maximum absolute atomic E-state index is 8.73. The van der Waals surface area contributed by atoms with Crippen LogP contribution in [0, 0.1) is 11.3 Å². The van der Waals surface area contributed by atoms with Crippen molar-refractivity contribution in [2.45, 2.75) is 4.33 Å². The summed E-state index contributed by atoms with van der Waals surface area (Å²) in [6, 6.07) is 9.35. The van der Waals surface area contributed by atoms with Gasteiger partial charge in [0.1, 0.15) is 11.1 Å². The summed E-state index contributed by atoms with van der Waals surface area (Å²) in [5, 5.41) is 9.15. The van der Waals surface area contributed by atoms with E-state index in [2.05, 4.69) is 4.98 Å². The van der Waals surface area contributed by atoms with E-state index in [1.165, 1.54) is 11.3 Å². The Morgan fingerprint density at radius 2 is 2.07 bits per heavy atom. The molecule has 0 saturated carbocycles. The molecule has 0 fully saturated rings. The highest BCUT2D eigenvalue weighted by molar-refractivity contribution is 7.19. The molecule has 0 N–H and O–H groups in total. The topological polar surface area (TPSA) is 36.7 Å². The molecule has 1 heterocycles. The van der Waals surface area contributed by atoms with Gasteiger partial charge in [-0.25, -0.2) is 4.98 Å². The summed E-state index contributed by atoms with van der Waals surface area (Å²) in [6.45, 7) is 0. The van der Waals surface area contributed by atoms with Crippen LogP contribution in [0.4, 0.5) is 0 Å². The molecule has 0 spiro atoms. The molecule has 2 aromatic rings. The lowest BCUT2D eigenvalue weighted by molar-refractivity contribution is 1.08. The molecule has 0 aliphatic carbocycles. The molecule has 2 rings (SSSR count). The van der Waals surface area contributed by atoms with E-state index in [1.54, 1.807) is 6.07 Å². The number of rotatable bonds is 1. The molecule has 14 heavy (non-hydrogen) atoms. The van der Waals surface area contributed by atoms with Gasteiger partial charge in [-0.15, -0.1) is 11.3 Å². The first-order valence-corrected chi connectivity index (χ1v) is 5.36. The van der Waals surface area contributed by atoms with Gasteiger partial charge in [0.15, 0.2) is 0 Å². The monoisotopic (exact) mass is 242 g/mol. The van der Waals surface area contributed by atoms with Gasteiger partial charge in [-0.2, -0.15) is 5.26 Å². The molecule has 0 saturated heterocycles. The molecule has 0 atom stereocenters. The zero-order valence-electron chi connectivity index (χ0n) is 6.87. The Kier molecular flexibility index (Phi) is 2.36. The Balaban J connectivity index is 2.62. The summed E-state index contributed by atoms with van der Waals surface area (Å²) >= 11 is 12.9. The summed E-state index contributed by atoms with van der Waals surface area (Å²) in [4.78, 5) is 4.19. The minimum absolute atomic E-state index is 0.421. The van der Waals surface area contributed by atoms with Crippen LogP contribution in [0.1, 0.15) is 5.01 Å². The molecule has 0 radical (unpaired) electrons. The number of thiazole rings is 1. The normalized spacial score (nSPS) is 11.5. The van der Waals surface area contributed by atoms with E-state index in [4.69, 9.17) is 28.5 Å². The van der Waals surface area contributed by atoms with Gasteiger partial charge in [0.2, 0.25) is 0 Å². The van der Waals surface area contributed by atoms with Crippen molar-refractivity contribution < 1.29 is 0 Å². The van der Waals surface area contributed by atoms with E-state index in [9.17, 15) is 0 Å². The summed E-state index contributed by atoms with van der Waals surface area (Å²) in [7, 11) is 0. The Morgan fingerprint density at radius 1 is 1.36 bits per heavy atom. The van der Waals surface area contributed by atoms with E-state index >= 15 is 0 Å². The van der Waals surface area contributed by atoms with Crippen LogP contribution in [-0.2, 0) is 4.33 Å². The number of alkyl halides is 2. The zero-order valence-corrected chi connectivity index (χ0v) is 9.20. The van der Waals surface area contributed by atoms with Crippen molar-refractivity contribution in [3.8, 4) is 6.07 Å². The SMILES string of the molecule is N#CC(Cl)(Cl)c1nc2ccccc2s1. The van der Waals surface area contributed by atoms with E-state index in [-0.39, 0.29) is 0 Å². The summed E-state index contributed by atoms with van der Waals surface area (Å²) in [5.74, 6) is 0. The number of nitriles is 1. The molecule has 1 aromatic carbocycles. The van der Waals surface area contributed by atoms with E-state index in [0.29, 0.717) is 5.01 Å². The van der Waals surface area contributed by atoms with Crippen LogP contribution in [0.25, 0.3) is 10.2 Å². The zero-order chi connectivity index (χ0) is 10.2. The van der Waals surface area contributed by atoms with Gasteiger partial charge in [0.25, 0.3) is 4.33 Å². The molecular formula is C9H4Cl2N2S. The molecule has 0 amide bonds. The third-order valence-corrected chi connectivity index (χ3v) is 3.61. The first-order chi connectivity index (χ1) is 6.63. The molecule has 5 heteroatoms. The fourth-order valence-electron chi connectivity index (χ4n) is 1.05. The summed E-state index contributed by atoms with van der Waals surface area (Å²) in [6.07, 6.45) is 0. The Hall–Kier alpha value is -0.820. The number of nitrogens with zero attached hydrogens (tertiary/aromatic N) is 2. The van der Waals surface area contributed by atoms with Crippen LogP contribution >= 0.6 is 34.5 Å². The van der Waals surface area contributed by atoms with Crippen LogP contribution in [0.15, 0.2) is 24.3 Å². The van der Waals surface area contributed by atoms with Crippen molar-refractivity contribution >= 4 is 44.8 Å². The molecule has 0 unspecified atom stereocenters. The van der Waals surface area contributed by atoms with E-state index in [1.807, 2.05) is 24.3 Å². The van der Waals surface area contributed by atoms with Gasteiger partial charge in [-0.3, -0.25) is 0 Å². The van der Waals surface area contributed by atoms with Crippen molar-refractivity contribution in [2.75, 3.05) is 0 Å². The molecule has 0 aliphatic heterocycles. The van der Waals surface area contributed by atoms with Gasteiger partial charge >= 0.3 is 0 Å². The second kappa shape index (κ2) is 3.39. The molecule has 2 nitrogen and oxygen atoms in total. The summed E-state index contributed by atoms with van der Waals surface area (Å²) in [5.41, 5.74) is 0.813. The van der Waals surface area contributed by atoms with Crippen molar-refractivity contribution in [3.63, 3.8) is 0 Å². The van der Waals surface area contributed by atoms with E-state index in [0.717, 1.165) is 10.2 Å². The highest BCUT2D eigenvalue weighted by atomic mass is 35.5. The molecule has 1 aromatic heterocycles. The first-order valence-electron chi connectivity index (χ1n) is 3.78. The Bertz CT molecular complexity index is 480. The minimum atomic E-state index is -1.54. The highest BCUT2D eigenvalue weighted by Gasteiger charge is 2.30. The van der Waals surface area contributed by atoms with Gasteiger partial charge in [0.05, 0.1) is 10.2 Å². The van der Waals surface area contributed by atoms with Crippen LogP contribution in [-0.4, -0.2) is 4.98 Å². The van der Waals surface area contributed by atoms with Crippen LogP contribution < -0.4 is 0 Å². The van der Waals surface area contributed by atoms with E-state index < -0.39 is 4.33 Å². The lowest BCUT2D eigenvalue weighted by Gasteiger charge is -2.03. The fourth-order valence-corrected chi connectivity index (χ4v) is 2.26. The Labute approximate surface area is 94.7 Å². The number of aromatic nitrogens is 1. The van der Waals surface area contributed by atoms with Crippen molar-refractivity contribution in [1.29, 1.82) is 5.26 Å². The van der Waals surface area contributed by atoms with Crippen LogP contribution in [0.5, 0.6) is 0 Å². The largest absolute Gasteiger partial charge is 0.254 e. The predicted octanol–water partition coefficient (Wildman–Crippen LogP) is 3.45. The van der Waals surface area contributed by atoms with Gasteiger partial charge in [0, 0.05) is 0 Å². The van der Waals surface area contributed by atoms with Crippen LogP contribution in [0.3, 0.4) is 0 Å². The second-order valence-electron chi connectivity index (χ2n) is 2.67. The first kappa shape index (κ1) is 9.72. The maximum atomic E-state index is 8.73. The number of para-hydroxylation sites is 1. The number of benzene rings is 1. The minimum Gasteiger partial charge on any atom is -0.237 e. The maximum Gasteiger partial charge on any atom is 0.254 e. The van der Waals surface area contributed by atoms with Gasteiger partial charge in [-0.05, 0) is 12.1 Å². The molecule has 0 bridgehead atoms. The van der Waals surface area contributed by atoms with Crippen molar-refractivity contribution in [3.05, 3.63) is 29.3 Å². The third kappa shape index (κ3) is 1.57. The van der Waals surface area contributed by atoms with Crippen LogP contribution in [0.2, 0.25) is 0 Å². The van der Waals surface area contributed by atoms with Gasteiger partial charge < -0.3 is 0 Å².